The number of carbonyl (C=O) groups is 1. The number of rotatable bonds is 9. The highest BCUT2D eigenvalue weighted by atomic mass is 32.1. The molecule has 0 atom stereocenters. The van der Waals surface area contributed by atoms with E-state index < -0.39 is 0 Å². The second kappa shape index (κ2) is 9.54. The number of unbranched alkanes of at least 4 members (excludes halogenated alkanes) is 1. The molecule has 1 amide bonds. The van der Waals surface area contributed by atoms with E-state index in [-0.39, 0.29) is 5.91 Å². The molecule has 0 spiro atoms. The number of thiocarbonyl (C=S) groups is 1. The van der Waals surface area contributed by atoms with Gasteiger partial charge in [-0.05, 0) is 39.3 Å². The molecule has 0 aliphatic heterocycles. The van der Waals surface area contributed by atoms with Gasteiger partial charge >= 0.3 is 0 Å². The fourth-order valence-corrected chi connectivity index (χ4v) is 1.47. The van der Waals surface area contributed by atoms with Gasteiger partial charge in [0.25, 0.3) is 0 Å². The summed E-state index contributed by atoms with van der Waals surface area (Å²) in [5.74, 6) is 0.0960. The van der Waals surface area contributed by atoms with Gasteiger partial charge in [-0.15, -0.1) is 0 Å². The minimum atomic E-state index is 0.0960. The topological polar surface area (TPSA) is 58.4 Å². The van der Waals surface area contributed by atoms with E-state index in [2.05, 4.69) is 5.32 Å². The first-order valence-electron chi connectivity index (χ1n) is 5.79. The van der Waals surface area contributed by atoms with Crippen LogP contribution in [0.25, 0.3) is 0 Å². The molecule has 0 bridgehead atoms. The standard InChI is InChI=1S/C11H23N3OS/c1-3-7-13-11(15)9-14(2)8-5-4-6-10(12)16/h3-9H2,1-2H3,(H2,12,16)(H,13,15). The smallest absolute Gasteiger partial charge is 0.234 e. The highest BCUT2D eigenvalue weighted by molar-refractivity contribution is 7.80. The van der Waals surface area contributed by atoms with E-state index in [0.29, 0.717) is 11.5 Å². The average Bonchev–Trinajstić information content (AvgIpc) is 2.21. The van der Waals surface area contributed by atoms with Crippen molar-refractivity contribution in [1.82, 2.24) is 10.2 Å². The van der Waals surface area contributed by atoms with Crippen LogP contribution in [0.3, 0.4) is 0 Å². The normalized spacial score (nSPS) is 10.4. The predicted octanol–water partition coefficient (Wildman–Crippen LogP) is 0.901. The second-order valence-electron chi connectivity index (χ2n) is 4.01. The van der Waals surface area contributed by atoms with Crippen molar-refractivity contribution in [2.45, 2.75) is 32.6 Å². The lowest BCUT2D eigenvalue weighted by Gasteiger charge is -2.15. The van der Waals surface area contributed by atoms with Crippen LogP contribution in [0, 0.1) is 0 Å². The fraction of sp³-hybridized carbons (Fsp3) is 0.818. The van der Waals surface area contributed by atoms with E-state index in [1.807, 2.05) is 18.9 Å². The Bertz CT molecular complexity index is 221. The Morgan fingerprint density at radius 3 is 2.69 bits per heavy atom. The summed E-state index contributed by atoms with van der Waals surface area (Å²) in [6.45, 7) is 4.17. The largest absolute Gasteiger partial charge is 0.393 e. The Morgan fingerprint density at radius 1 is 1.44 bits per heavy atom. The minimum absolute atomic E-state index is 0.0960. The van der Waals surface area contributed by atoms with Crippen molar-refractivity contribution < 1.29 is 4.79 Å². The lowest BCUT2D eigenvalue weighted by atomic mass is 10.2. The molecule has 0 aromatic carbocycles. The zero-order chi connectivity index (χ0) is 12.4. The average molecular weight is 245 g/mol. The molecule has 0 aromatic rings. The van der Waals surface area contributed by atoms with Crippen LogP contribution in [0.2, 0.25) is 0 Å². The van der Waals surface area contributed by atoms with Crippen LogP contribution in [0.5, 0.6) is 0 Å². The van der Waals surface area contributed by atoms with Gasteiger partial charge < -0.3 is 11.1 Å². The van der Waals surface area contributed by atoms with Gasteiger partial charge in [-0.3, -0.25) is 9.69 Å². The van der Waals surface area contributed by atoms with Crippen molar-refractivity contribution in [3.63, 3.8) is 0 Å². The van der Waals surface area contributed by atoms with Gasteiger partial charge in [-0.1, -0.05) is 19.1 Å². The summed E-state index contributed by atoms with van der Waals surface area (Å²) in [5, 5.41) is 2.85. The molecule has 0 aliphatic carbocycles. The maximum atomic E-state index is 11.4. The van der Waals surface area contributed by atoms with E-state index in [9.17, 15) is 4.79 Å². The van der Waals surface area contributed by atoms with Crippen molar-refractivity contribution in [3.8, 4) is 0 Å². The number of amides is 1. The fourth-order valence-electron chi connectivity index (χ4n) is 1.33. The molecule has 0 rings (SSSR count). The number of likely N-dealkylation sites (N-methyl/N-ethyl adjacent to an activating group) is 1. The van der Waals surface area contributed by atoms with E-state index in [1.165, 1.54) is 0 Å². The Labute approximate surface area is 104 Å². The summed E-state index contributed by atoms with van der Waals surface area (Å²) >= 11 is 4.79. The van der Waals surface area contributed by atoms with Gasteiger partial charge in [-0.25, -0.2) is 0 Å². The molecule has 16 heavy (non-hydrogen) atoms. The molecule has 0 aliphatic rings. The Morgan fingerprint density at radius 2 is 2.12 bits per heavy atom. The van der Waals surface area contributed by atoms with Crippen molar-refractivity contribution >= 4 is 23.1 Å². The molecule has 0 aromatic heterocycles. The maximum absolute atomic E-state index is 11.4. The van der Waals surface area contributed by atoms with Crippen LogP contribution >= 0.6 is 12.2 Å². The summed E-state index contributed by atoms with van der Waals surface area (Å²) in [7, 11) is 1.95. The van der Waals surface area contributed by atoms with Crippen LogP contribution in [0.15, 0.2) is 0 Å². The van der Waals surface area contributed by atoms with Gasteiger partial charge in [0.2, 0.25) is 5.91 Å². The molecule has 0 saturated carbocycles. The summed E-state index contributed by atoms with van der Waals surface area (Å²) in [6, 6.07) is 0. The first kappa shape index (κ1) is 15.3. The molecule has 0 unspecified atom stereocenters. The Balaban J connectivity index is 3.46. The van der Waals surface area contributed by atoms with Gasteiger partial charge in [0, 0.05) is 6.54 Å². The maximum Gasteiger partial charge on any atom is 0.234 e. The SMILES string of the molecule is CCCNC(=O)CN(C)CCCCC(N)=S. The number of hydrogen-bond acceptors (Lipinski definition) is 3. The van der Waals surface area contributed by atoms with E-state index in [0.717, 1.165) is 38.8 Å². The molecule has 3 N–H and O–H groups in total. The Hall–Kier alpha value is -0.680. The van der Waals surface area contributed by atoms with E-state index in [1.54, 1.807) is 0 Å². The number of nitrogens with zero attached hydrogens (tertiary/aromatic N) is 1. The highest BCUT2D eigenvalue weighted by Gasteiger charge is 2.04. The van der Waals surface area contributed by atoms with Crippen LogP contribution in [0.1, 0.15) is 32.6 Å². The summed E-state index contributed by atoms with van der Waals surface area (Å²) in [4.78, 5) is 14.0. The molecule has 94 valence electrons. The van der Waals surface area contributed by atoms with Crippen LogP contribution in [-0.4, -0.2) is 42.5 Å². The zero-order valence-corrected chi connectivity index (χ0v) is 11.1. The Kier molecular flexibility index (Phi) is 9.13. The lowest BCUT2D eigenvalue weighted by Crippen LogP contribution is -2.35. The monoisotopic (exact) mass is 245 g/mol. The summed E-state index contributed by atoms with van der Waals surface area (Å²) in [5.41, 5.74) is 5.40. The lowest BCUT2D eigenvalue weighted by molar-refractivity contribution is -0.121. The molecule has 0 fully saturated rings. The molecular formula is C11H23N3OS. The van der Waals surface area contributed by atoms with Gasteiger partial charge in [0.1, 0.15) is 0 Å². The minimum Gasteiger partial charge on any atom is -0.393 e. The molecule has 5 heteroatoms. The number of nitrogens with two attached hydrogens (primary N) is 1. The quantitative estimate of drug-likeness (QED) is 0.468. The molecule has 0 radical (unpaired) electrons. The molecule has 0 saturated heterocycles. The highest BCUT2D eigenvalue weighted by Crippen LogP contribution is 1.97. The van der Waals surface area contributed by atoms with Crippen molar-refractivity contribution in [1.29, 1.82) is 0 Å². The first-order valence-corrected chi connectivity index (χ1v) is 6.20. The molecular weight excluding hydrogens is 222 g/mol. The molecule has 0 heterocycles. The number of nitrogens with one attached hydrogen (secondary N) is 1. The first-order chi connectivity index (χ1) is 7.56. The second-order valence-corrected chi connectivity index (χ2v) is 4.54. The van der Waals surface area contributed by atoms with Gasteiger partial charge in [0.05, 0.1) is 11.5 Å². The third-order valence-electron chi connectivity index (χ3n) is 2.20. The van der Waals surface area contributed by atoms with E-state index >= 15 is 0 Å². The predicted molar refractivity (Wildman–Crippen MR) is 71.4 cm³/mol. The van der Waals surface area contributed by atoms with Gasteiger partial charge in [0.15, 0.2) is 0 Å². The number of carbonyl (C=O) groups excluding carboxylic acids is 1. The van der Waals surface area contributed by atoms with Crippen LogP contribution < -0.4 is 11.1 Å². The number of hydrogen-bond donors (Lipinski definition) is 2. The van der Waals surface area contributed by atoms with Gasteiger partial charge in [-0.2, -0.15) is 0 Å². The van der Waals surface area contributed by atoms with Crippen LogP contribution in [0.4, 0.5) is 0 Å². The third kappa shape index (κ3) is 9.86. The van der Waals surface area contributed by atoms with Crippen molar-refractivity contribution in [2.24, 2.45) is 5.73 Å². The summed E-state index contributed by atoms with van der Waals surface area (Å²) in [6.07, 6.45) is 3.79. The van der Waals surface area contributed by atoms with E-state index in [4.69, 9.17) is 18.0 Å². The van der Waals surface area contributed by atoms with Crippen molar-refractivity contribution in [2.75, 3.05) is 26.7 Å². The van der Waals surface area contributed by atoms with Crippen LogP contribution in [-0.2, 0) is 4.79 Å². The third-order valence-corrected chi connectivity index (χ3v) is 2.40. The summed E-state index contributed by atoms with van der Waals surface area (Å²) < 4.78 is 0. The molecule has 4 nitrogen and oxygen atoms in total. The zero-order valence-electron chi connectivity index (χ0n) is 10.3. The van der Waals surface area contributed by atoms with Crippen molar-refractivity contribution in [3.05, 3.63) is 0 Å².